The van der Waals surface area contributed by atoms with Gasteiger partial charge in [-0.2, -0.15) is 0 Å². The monoisotopic (exact) mass is 240 g/mol. The van der Waals surface area contributed by atoms with Crippen LogP contribution in [-0.2, 0) is 4.57 Å². The number of rotatable bonds is 2. The SMILES string of the molecule is NC1(P(=O)(O)O)N=NC(c2ccccc2)=N1. The normalized spacial score (nSPS) is 24.6. The minimum Gasteiger partial charge on any atom is -0.320 e. The summed E-state index contributed by atoms with van der Waals surface area (Å²) in [6.45, 7) is 0. The molecule has 0 saturated heterocycles. The number of aliphatic imine (C=N–C) groups is 1. The molecule has 1 atom stereocenters. The predicted octanol–water partition coefficient (Wildman–Crippen LogP) is 0.647. The van der Waals surface area contributed by atoms with Crippen LogP contribution in [0.1, 0.15) is 5.56 Å². The Morgan fingerprint density at radius 3 is 2.38 bits per heavy atom. The Labute approximate surface area is 90.9 Å². The summed E-state index contributed by atoms with van der Waals surface area (Å²) >= 11 is 0. The zero-order valence-electron chi connectivity index (χ0n) is 8.06. The summed E-state index contributed by atoms with van der Waals surface area (Å²) in [7, 11) is -4.65. The van der Waals surface area contributed by atoms with Crippen molar-refractivity contribution in [3.8, 4) is 0 Å². The van der Waals surface area contributed by atoms with Crippen LogP contribution in [0.4, 0.5) is 0 Å². The maximum Gasteiger partial charge on any atom is 0.392 e. The molecular formula is C8H9N4O3P. The zero-order chi connectivity index (χ0) is 11.8. The second-order valence-electron chi connectivity index (χ2n) is 3.23. The molecule has 1 unspecified atom stereocenters. The van der Waals surface area contributed by atoms with Crippen molar-refractivity contribution in [1.29, 1.82) is 0 Å². The third kappa shape index (κ3) is 1.81. The summed E-state index contributed by atoms with van der Waals surface area (Å²) in [6.07, 6.45) is 0. The topological polar surface area (TPSA) is 121 Å². The Kier molecular flexibility index (Phi) is 2.47. The highest BCUT2D eigenvalue weighted by atomic mass is 31.2. The molecule has 1 aromatic rings. The van der Waals surface area contributed by atoms with Gasteiger partial charge in [0.05, 0.1) is 0 Å². The van der Waals surface area contributed by atoms with Crippen LogP contribution in [0.5, 0.6) is 0 Å². The van der Waals surface area contributed by atoms with E-state index in [-0.39, 0.29) is 5.84 Å². The molecule has 1 aromatic carbocycles. The van der Waals surface area contributed by atoms with Gasteiger partial charge in [0.25, 0.3) is 0 Å². The molecular weight excluding hydrogens is 231 g/mol. The molecule has 84 valence electrons. The third-order valence-corrected chi connectivity index (χ3v) is 3.07. The highest BCUT2D eigenvalue weighted by molar-refractivity contribution is 7.53. The van der Waals surface area contributed by atoms with Crippen molar-refractivity contribution >= 4 is 13.4 Å². The van der Waals surface area contributed by atoms with Crippen LogP contribution in [0.15, 0.2) is 45.6 Å². The minimum absolute atomic E-state index is 0.117. The second kappa shape index (κ2) is 3.57. The Balaban J connectivity index is 2.41. The van der Waals surface area contributed by atoms with Crippen molar-refractivity contribution < 1.29 is 14.4 Å². The van der Waals surface area contributed by atoms with E-state index in [0.29, 0.717) is 5.56 Å². The van der Waals surface area contributed by atoms with Gasteiger partial charge in [0, 0.05) is 5.56 Å². The largest absolute Gasteiger partial charge is 0.392 e. The van der Waals surface area contributed by atoms with Crippen LogP contribution in [-0.4, -0.2) is 21.2 Å². The average molecular weight is 240 g/mol. The van der Waals surface area contributed by atoms with Gasteiger partial charge in [0.2, 0.25) is 0 Å². The fraction of sp³-hybridized carbons (Fsp3) is 0.125. The van der Waals surface area contributed by atoms with Crippen LogP contribution in [0.25, 0.3) is 0 Å². The van der Waals surface area contributed by atoms with Gasteiger partial charge >= 0.3 is 13.1 Å². The van der Waals surface area contributed by atoms with Crippen LogP contribution in [0.3, 0.4) is 0 Å². The number of nitrogens with two attached hydrogens (primary N) is 1. The van der Waals surface area contributed by atoms with Gasteiger partial charge in [-0.15, -0.1) is 10.2 Å². The van der Waals surface area contributed by atoms with Gasteiger partial charge in [-0.1, -0.05) is 30.3 Å². The number of azo groups is 1. The van der Waals surface area contributed by atoms with Crippen molar-refractivity contribution in [2.75, 3.05) is 0 Å². The van der Waals surface area contributed by atoms with E-state index in [0.717, 1.165) is 0 Å². The lowest BCUT2D eigenvalue weighted by atomic mass is 10.2. The molecule has 0 spiro atoms. The maximum atomic E-state index is 11.0. The Hall–Kier alpha value is -1.40. The van der Waals surface area contributed by atoms with Gasteiger partial charge < -0.3 is 9.79 Å². The summed E-state index contributed by atoms with van der Waals surface area (Å²) in [5, 5.41) is 6.92. The first-order chi connectivity index (χ1) is 7.42. The van der Waals surface area contributed by atoms with E-state index in [2.05, 4.69) is 15.2 Å². The lowest BCUT2D eigenvalue weighted by Crippen LogP contribution is -2.33. The zero-order valence-corrected chi connectivity index (χ0v) is 8.95. The van der Waals surface area contributed by atoms with Crippen molar-refractivity contribution in [1.82, 2.24) is 0 Å². The van der Waals surface area contributed by atoms with Crippen LogP contribution in [0.2, 0.25) is 0 Å². The molecule has 0 fully saturated rings. The summed E-state index contributed by atoms with van der Waals surface area (Å²) in [5.41, 5.74) is 3.68. The maximum absolute atomic E-state index is 11.0. The number of amidine groups is 1. The van der Waals surface area contributed by atoms with E-state index in [1.807, 2.05) is 0 Å². The molecule has 0 bridgehead atoms. The lowest BCUT2D eigenvalue weighted by molar-refractivity contribution is 0.330. The standard InChI is InChI=1S/C8H9N4O3P/c9-8(16(13,14)15)10-7(11-12-8)6-4-2-1-3-5-6/h1-5H,9H2,(H2,13,14,15). The summed E-state index contributed by atoms with van der Waals surface area (Å²) in [5.74, 6) is 0.117. The Morgan fingerprint density at radius 2 is 1.88 bits per heavy atom. The molecule has 2 rings (SSSR count). The first kappa shape index (κ1) is 11.1. The minimum atomic E-state index is -4.65. The van der Waals surface area contributed by atoms with Crippen LogP contribution < -0.4 is 5.73 Å². The van der Waals surface area contributed by atoms with E-state index in [4.69, 9.17) is 15.5 Å². The first-order valence-corrected chi connectivity index (χ1v) is 5.96. The quantitative estimate of drug-likeness (QED) is 0.657. The van der Waals surface area contributed by atoms with Crippen molar-refractivity contribution in [2.45, 2.75) is 5.53 Å². The highest BCUT2D eigenvalue weighted by Gasteiger charge is 2.47. The van der Waals surface area contributed by atoms with Crippen LogP contribution >= 0.6 is 7.60 Å². The fourth-order valence-corrected chi connectivity index (χ4v) is 1.54. The fourth-order valence-electron chi connectivity index (χ4n) is 1.15. The molecule has 7 nitrogen and oxygen atoms in total. The molecule has 1 heterocycles. The molecule has 0 aliphatic carbocycles. The molecule has 1 aliphatic rings. The van der Waals surface area contributed by atoms with E-state index in [1.54, 1.807) is 30.3 Å². The van der Waals surface area contributed by atoms with E-state index in [1.165, 1.54) is 0 Å². The lowest BCUT2D eigenvalue weighted by Gasteiger charge is -2.15. The molecule has 1 aliphatic heterocycles. The number of nitrogens with zero attached hydrogens (tertiary/aromatic N) is 3. The molecule has 16 heavy (non-hydrogen) atoms. The van der Waals surface area contributed by atoms with E-state index < -0.39 is 13.1 Å². The molecule has 0 radical (unpaired) electrons. The van der Waals surface area contributed by atoms with Crippen molar-refractivity contribution in [2.24, 2.45) is 21.0 Å². The van der Waals surface area contributed by atoms with Gasteiger partial charge in [0.1, 0.15) is 0 Å². The Bertz CT molecular complexity index is 509. The first-order valence-electron chi connectivity index (χ1n) is 4.35. The highest BCUT2D eigenvalue weighted by Crippen LogP contribution is 2.50. The van der Waals surface area contributed by atoms with E-state index >= 15 is 0 Å². The van der Waals surface area contributed by atoms with Gasteiger partial charge in [-0.25, -0.2) is 4.99 Å². The molecule has 8 heteroatoms. The predicted molar refractivity (Wildman–Crippen MR) is 56.8 cm³/mol. The van der Waals surface area contributed by atoms with Crippen molar-refractivity contribution in [3.05, 3.63) is 35.9 Å². The summed E-state index contributed by atoms with van der Waals surface area (Å²) in [4.78, 5) is 21.6. The van der Waals surface area contributed by atoms with Gasteiger partial charge in [0.15, 0.2) is 5.84 Å². The smallest absolute Gasteiger partial charge is 0.320 e. The van der Waals surface area contributed by atoms with E-state index in [9.17, 15) is 4.57 Å². The average Bonchev–Trinajstić information content (AvgIpc) is 2.63. The van der Waals surface area contributed by atoms with Gasteiger partial charge in [-0.3, -0.25) is 10.3 Å². The van der Waals surface area contributed by atoms with Gasteiger partial charge in [-0.05, 0) is 0 Å². The number of hydrogen-bond donors (Lipinski definition) is 3. The van der Waals surface area contributed by atoms with Crippen LogP contribution in [0, 0.1) is 0 Å². The summed E-state index contributed by atoms with van der Waals surface area (Å²) < 4.78 is 11.0. The molecule has 4 N–H and O–H groups in total. The molecule has 0 saturated carbocycles. The summed E-state index contributed by atoms with van der Waals surface area (Å²) in [6, 6.07) is 8.70. The molecule has 0 amide bonds. The number of benzene rings is 1. The second-order valence-corrected chi connectivity index (χ2v) is 4.98. The third-order valence-electron chi connectivity index (χ3n) is 2.02. The Morgan fingerprint density at radius 1 is 1.25 bits per heavy atom. The molecule has 0 aromatic heterocycles. The number of hydrogen-bond acceptors (Lipinski definition) is 5. The van der Waals surface area contributed by atoms with Crippen molar-refractivity contribution in [3.63, 3.8) is 0 Å².